The van der Waals surface area contributed by atoms with Crippen LogP contribution in [0.15, 0.2) is 71.8 Å². The first-order valence-corrected chi connectivity index (χ1v) is 10.7. The summed E-state index contributed by atoms with van der Waals surface area (Å²) in [6, 6.07) is 18.4. The van der Waals surface area contributed by atoms with Gasteiger partial charge >= 0.3 is 11.8 Å². The van der Waals surface area contributed by atoms with Crippen molar-refractivity contribution in [2.45, 2.75) is 6.92 Å². The molecule has 0 aromatic heterocycles. The molecule has 3 aromatic rings. The van der Waals surface area contributed by atoms with Gasteiger partial charge in [-0.1, -0.05) is 35.3 Å². The molecule has 0 aliphatic carbocycles. The summed E-state index contributed by atoms with van der Waals surface area (Å²) in [6.45, 7) is 1.65. The monoisotopic (exact) mass is 498 g/mol. The topological polar surface area (TPSA) is 109 Å². The Morgan fingerprint density at radius 2 is 1.71 bits per heavy atom. The number of carbonyl (C=O) groups excluding carboxylic acids is 3. The van der Waals surface area contributed by atoms with Crippen LogP contribution >= 0.6 is 23.2 Å². The van der Waals surface area contributed by atoms with E-state index in [0.717, 1.165) is 5.56 Å². The Morgan fingerprint density at radius 3 is 2.41 bits per heavy atom. The third-order valence-corrected chi connectivity index (χ3v) is 4.86. The summed E-state index contributed by atoms with van der Waals surface area (Å²) in [5.74, 6) is -1.66. The molecule has 10 heteroatoms. The summed E-state index contributed by atoms with van der Waals surface area (Å²) >= 11 is 11.9. The number of rotatable bonds is 7. The maximum atomic E-state index is 12.1. The van der Waals surface area contributed by atoms with Crippen LogP contribution in [0.1, 0.15) is 11.1 Å². The number of amides is 3. The average Bonchev–Trinajstić information content (AvgIpc) is 2.80. The number of carbonyl (C=O) groups is 3. The van der Waals surface area contributed by atoms with Crippen molar-refractivity contribution in [3.8, 4) is 5.75 Å². The van der Waals surface area contributed by atoms with Gasteiger partial charge in [-0.3, -0.25) is 14.4 Å². The van der Waals surface area contributed by atoms with Crippen LogP contribution in [-0.4, -0.2) is 30.5 Å². The fourth-order valence-electron chi connectivity index (χ4n) is 2.70. The van der Waals surface area contributed by atoms with Crippen LogP contribution in [0.5, 0.6) is 5.75 Å². The summed E-state index contributed by atoms with van der Waals surface area (Å²) in [5.41, 5.74) is 4.71. The minimum absolute atomic E-state index is 0.224. The number of hydrogen-bond donors (Lipinski definition) is 3. The fraction of sp³-hybridized carbons (Fsp3) is 0.0833. The zero-order valence-electron chi connectivity index (χ0n) is 18.0. The normalized spacial score (nSPS) is 10.6. The molecule has 3 amide bonds. The molecule has 0 aliphatic heterocycles. The van der Waals surface area contributed by atoms with E-state index in [1.165, 1.54) is 12.3 Å². The van der Waals surface area contributed by atoms with Gasteiger partial charge < -0.3 is 15.4 Å². The van der Waals surface area contributed by atoms with E-state index < -0.39 is 11.8 Å². The highest BCUT2D eigenvalue weighted by Crippen LogP contribution is 2.25. The Morgan fingerprint density at radius 1 is 0.941 bits per heavy atom. The molecule has 3 aromatic carbocycles. The number of halogens is 2. The SMILES string of the molecule is Cc1cccc(NC(=O)C(=O)N/N=C\c2ccc(OCC(=O)Nc3ccc(Cl)cc3Cl)cc2)c1. The Labute approximate surface area is 205 Å². The highest BCUT2D eigenvalue weighted by molar-refractivity contribution is 6.39. The number of hydrazone groups is 1. The molecule has 34 heavy (non-hydrogen) atoms. The minimum Gasteiger partial charge on any atom is -0.484 e. The molecule has 0 aliphatic rings. The second-order valence-electron chi connectivity index (χ2n) is 7.05. The molecule has 0 atom stereocenters. The van der Waals surface area contributed by atoms with E-state index in [4.69, 9.17) is 27.9 Å². The van der Waals surface area contributed by atoms with Crippen LogP contribution < -0.4 is 20.8 Å². The molecular weight excluding hydrogens is 479 g/mol. The van der Waals surface area contributed by atoms with Crippen molar-refractivity contribution in [2.75, 3.05) is 17.2 Å². The third kappa shape index (κ3) is 7.61. The van der Waals surface area contributed by atoms with Crippen LogP contribution in [0, 0.1) is 6.92 Å². The Balaban J connectivity index is 1.44. The third-order valence-electron chi connectivity index (χ3n) is 4.32. The predicted molar refractivity (Wildman–Crippen MR) is 133 cm³/mol. The molecular formula is C24H20Cl2N4O4. The summed E-state index contributed by atoms with van der Waals surface area (Å²) in [4.78, 5) is 35.9. The van der Waals surface area contributed by atoms with Gasteiger partial charge in [-0.25, -0.2) is 5.43 Å². The van der Waals surface area contributed by atoms with Gasteiger partial charge in [0.2, 0.25) is 0 Å². The summed E-state index contributed by atoms with van der Waals surface area (Å²) < 4.78 is 5.45. The van der Waals surface area contributed by atoms with Crippen molar-refractivity contribution in [1.82, 2.24) is 5.43 Å². The largest absolute Gasteiger partial charge is 0.484 e. The molecule has 0 radical (unpaired) electrons. The van der Waals surface area contributed by atoms with Gasteiger partial charge in [0.25, 0.3) is 5.91 Å². The molecule has 0 fully saturated rings. The zero-order valence-corrected chi connectivity index (χ0v) is 19.5. The second kappa shape index (κ2) is 11.8. The summed E-state index contributed by atoms with van der Waals surface area (Å²) in [6.07, 6.45) is 1.37. The van der Waals surface area contributed by atoms with Gasteiger partial charge in [0, 0.05) is 10.7 Å². The van der Waals surface area contributed by atoms with Crippen molar-refractivity contribution < 1.29 is 19.1 Å². The Kier molecular flexibility index (Phi) is 8.61. The highest BCUT2D eigenvalue weighted by atomic mass is 35.5. The Bertz CT molecular complexity index is 1230. The van der Waals surface area contributed by atoms with Gasteiger partial charge in [0.15, 0.2) is 6.61 Å². The van der Waals surface area contributed by atoms with Crippen LogP contribution in [0.2, 0.25) is 10.0 Å². The van der Waals surface area contributed by atoms with Crippen LogP contribution in [0.4, 0.5) is 11.4 Å². The molecule has 0 spiro atoms. The van der Waals surface area contributed by atoms with Crippen molar-refractivity contribution >= 4 is 58.5 Å². The molecule has 0 bridgehead atoms. The second-order valence-corrected chi connectivity index (χ2v) is 7.90. The predicted octanol–water partition coefficient (Wildman–Crippen LogP) is 4.41. The number of nitrogens with one attached hydrogen (secondary N) is 3. The van der Waals surface area contributed by atoms with Crippen molar-refractivity contribution in [3.63, 3.8) is 0 Å². The van der Waals surface area contributed by atoms with Gasteiger partial charge in [0.1, 0.15) is 5.75 Å². The lowest BCUT2D eigenvalue weighted by Crippen LogP contribution is -2.32. The summed E-state index contributed by atoms with van der Waals surface area (Å²) in [5, 5.41) is 9.69. The number of benzene rings is 3. The van der Waals surface area contributed by atoms with Gasteiger partial charge in [-0.05, 0) is 72.6 Å². The van der Waals surface area contributed by atoms with Gasteiger partial charge in [-0.2, -0.15) is 5.10 Å². The van der Waals surface area contributed by atoms with E-state index in [2.05, 4.69) is 21.2 Å². The first-order chi connectivity index (χ1) is 16.3. The lowest BCUT2D eigenvalue weighted by Gasteiger charge is -2.09. The summed E-state index contributed by atoms with van der Waals surface area (Å²) in [7, 11) is 0. The zero-order chi connectivity index (χ0) is 24.5. The van der Waals surface area contributed by atoms with E-state index in [1.807, 2.05) is 13.0 Å². The molecule has 174 valence electrons. The maximum absolute atomic E-state index is 12.1. The number of ether oxygens (including phenoxy) is 1. The van der Waals surface area contributed by atoms with Crippen LogP contribution in [0.25, 0.3) is 0 Å². The molecule has 0 heterocycles. The van der Waals surface area contributed by atoms with Gasteiger partial charge in [0.05, 0.1) is 16.9 Å². The first-order valence-electron chi connectivity index (χ1n) is 9.99. The smallest absolute Gasteiger partial charge is 0.329 e. The van der Waals surface area contributed by atoms with Crippen LogP contribution in [-0.2, 0) is 14.4 Å². The average molecular weight is 499 g/mol. The minimum atomic E-state index is -0.899. The molecule has 0 unspecified atom stereocenters. The number of aryl methyl sites for hydroxylation is 1. The molecule has 8 nitrogen and oxygen atoms in total. The van der Waals surface area contributed by atoms with Crippen molar-refractivity contribution in [1.29, 1.82) is 0 Å². The standard InChI is InChI=1S/C24H20Cl2N4O4/c1-15-3-2-4-18(11-15)28-23(32)24(33)30-27-13-16-5-8-19(9-6-16)34-14-22(31)29-21-10-7-17(25)12-20(21)26/h2-13H,14H2,1H3,(H,28,32)(H,29,31)(H,30,33)/b27-13-. The number of hydrogen-bond acceptors (Lipinski definition) is 5. The van der Waals surface area contributed by atoms with Crippen LogP contribution in [0.3, 0.4) is 0 Å². The van der Waals surface area contributed by atoms with E-state index in [9.17, 15) is 14.4 Å². The fourth-order valence-corrected chi connectivity index (χ4v) is 3.16. The molecule has 3 rings (SSSR count). The quantitative estimate of drug-likeness (QED) is 0.254. The highest BCUT2D eigenvalue weighted by Gasteiger charge is 2.12. The van der Waals surface area contributed by atoms with E-state index in [1.54, 1.807) is 54.6 Å². The number of anilines is 2. The first kappa shape index (κ1) is 24.8. The van der Waals surface area contributed by atoms with Crippen molar-refractivity contribution in [2.24, 2.45) is 5.10 Å². The number of nitrogens with zero attached hydrogens (tertiary/aromatic N) is 1. The van der Waals surface area contributed by atoms with Crippen molar-refractivity contribution in [3.05, 3.63) is 87.9 Å². The molecule has 0 saturated carbocycles. The molecule has 0 saturated heterocycles. The van der Waals surface area contributed by atoms with Gasteiger partial charge in [-0.15, -0.1) is 0 Å². The lowest BCUT2D eigenvalue weighted by molar-refractivity contribution is -0.136. The maximum Gasteiger partial charge on any atom is 0.329 e. The van der Waals surface area contributed by atoms with E-state index in [-0.39, 0.29) is 12.5 Å². The van der Waals surface area contributed by atoms with E-state index >= 15 is 0 Å². The van der Waals surface area contributed by atoms with E-state index in [0.29, 0.717) is 32.7 Å². The molecule has 3 N–H and O–H groups in total. The lowest BCUT2D eigenvalue weighted by atomic mass is 10.2. The Hall–Kier alpha value is -3.88.